The lowest BCUT2D eigenvalue weighted by atomic mass is 10.0. The Labute approximate surface area is 121 Å². The molecule has 20 heavy (non-hydrogen) atoms. The van der Waals surface area contributed by atoms with Gasteiger partial charge < -0.3 is 10.0 Å². The Balaban J connectivity index is 1.87. The number of nitrogens with zero attached hydrogens (tertiary/aromatic N) is 6. The Kier molecular flexibility index (Phi) is 3.54. The molecule has 3 heterocycles. The average Bonchev–Trinajstić information content (AvgIpc) is 3.10. The third-order valence-corrected chi connectivity index (χ3v) is 3.65. The van der Waals surface area contributed by atoms with Crippen molar-refractivity contribution in [2.75, 3.05) is 18.0 Å². The molecule has 0 amide bonds. The minimum Gasteiger partial charge on any atom is -0.393 e. The van der Waals surface area contributed by atoms with E-state index in [1.54, 1.807) is 23.1 Å². The van der Waals surface area contributed by atoms with Gasteiger partial charge in [0.1, 0.15) is 0 Å². The minimum atomic E-state index is -0.331. The van der Waals surface area contributed by atoms with E-state index in [0.29, 0.717) is 11.9 Å². The molecule has 2 unspecified atom stereocenters. The SMILES string of the molecule is CC(O)C1CCN(c2nc(Cl)nc(-n3cccn3)n2)C1. The zero-order chi connectivity index (χ0) is 14.1. The predicted octanol–water partition coefficient (Wildman–Crippen LogP) is 0.918. The van der Waals surface area contributed by atoms with Gasteiger partial charge in [0.25, 0.3) is 5.95 Å². The lowest BCUT2D eigenvalue weighted by molar-refractivity contribution is 0.136. The third kappa shape index (κ3) is 2.59. The fourth-order valence-electron chi connectivity index (χ4n) is 2.32. The lowest BCUT2D eigenvalue weighted by Gasteiger charge is -2.17. The second-order valence-electron chi connectivity index (χ2n) is 4.89. The molecule has 0 saturated carbocycles. The molecule has 0 radical (unpaired) electrons. The molecule has 2 atom stereocenters. The Morgan fingerprint density at radius 1 is 1.35 bits per heavy atom. The maximum Gasteiger partial charge on any atom is 0.256 e. The molecular formula is C12H15ClN6O. The Morgan fingerprint density at radius 3 is 2.80 bits per heavy atom. The molecule has 2 aromatic rings. The molecule has 3 rings (SSSR count). The van der Waals surface area contributed by atoms with Crippen LogP contribution in [-0.4, -0.2) is 49.0 Å². The number of halogens is 1. The van der Waals surface area contributed by atoms with E-state index in [9.17, 15) is 5.11 Å². The molecule has 1 aliphatic rings. The largest absolute Gasteiger partial charge is 0.393 e. The van der Waals surface area contributed by atoms with Crippen molar-refractivity contribution in [2.45, 2.75) is 19.4 Å². The van der Waals surface area contributed by atoms with Crippen LogP contribution in [0.3, 0.4) is 0 Å². The van der Waals surface area contributed by atoms with E-state index in [0.717, 1.165) is 19.5 Å². The van der Waals surface area contributed by atoms with Crippen molar-refractivity contribution < 1.29 is 5.11 Å². The smallest absolute Gasteiger partial charge is 0.256 e. The van der Waals surface area contributed by atoms with Crippen molar-refractivity contribution in [1.82, 2.24) is 24.7 Å². The van der Waals surface area contributed by atoms with Crippen LogP contribution >= 0.6 is 11.6 Å². The van der Waals surface area contributed by atoms with E-state index >= 15 is 0 Å². The van der Waals surface area contributed by atoms with E-state index in [1.165, 1.54) is 0 Å². The summed E-state index contributed by atoms with van der Waals surface area (Å²) in [4.78, 5) is 14.6. The van der Waals surface area contributed by atoms with Crippen LogP contribution in [0.5, 0.6) is 0 Å². The van der Waals surface area contributed by atoms with E-state index in [4.69, 9.17) is 11.6 Å². The monoisotopic (exact) mass is 294 g/mol. The first-order valence-corrected chi connectivity index (χ1v) is 6.86. The number of hydrogen-bond acceptors (Lipinski definition) is 6. The Hall–Kier alpha value is -1.73. The van der Waals surface area contributed by atoms with E-state index < -0.39 is 0 Å². The summed E-state index contributed by atoms with van der Waals surface area (Å²) >= 11 is 5.96. The van der Waals surface area contributed by atoms with Gasteiger partial charge in [-0.2, -0.15) is 20.1 Å². The fourth-order valence-corrected chi connectivity index (χ4v) is 2.47. The summed E-state index contributed by atoms with van der Waals surface area (Å²) < 4.78 is 1.54. The van der Waals surface area contributed by atoms with Gasteiger partial charge >= 0.3 is 0 Å². The average molecular weight is 295 g/mol. The highest BCUT2D eigenvalue weighted by molar-refractivity contribution is 6.28. The summed E-state index contributed by atoms with van der Waals surface area (Å²) in [6.45, 7) is 3.33. The predicted molar refractivity (Wildman–Crippen MR) is 74.0 cm³/mol. The van der Waals surface area contributed by atoms with Crippen LogP contribution in [0.25, 0.3) is 5.95 Å². The molecule has 0 bridgehead atoms. The quantitative estimate of drug-likeness (QED) is 0.907. The molecule has 1 N–H and O–H groups in total. The highest BCUT2D eigenvalue weighted by Gasteiger charge is 2.28. The maximum absolute atomic E-state index is 9.66. The van der Waals surface area contributed by atoms with Crippen LogP contribution < -0.4 is 4.90 Å². The third-order valence-electron chi connectivity index (χ3n) is 3.48. The van der Waals surface area contributed by atoms with E-state index in [2.05, 4.69) is 20.1 Å². The Morgan fingerprint density at radius 2 is 2.15 bits per heavy atom. The molecule has 1 aliphatic heterocycles. The van der Waals surface area contributed by atoms with Gasteiger partial charge in [0, 0.05) is 31.4 Å². The number of aliphatic hydroxyl groups is 1. The van der Waals surface area contributed by atoms with Crippen molar-refractivity contribution in [3.63, 3.8) is 0 Å². The van der Waals surface area contributed by atoms with Gasteiger partial charge in [-0.25, -0.2) is 4.68 Å². The number of aromatic nitrogens is 5. The second kappa shape index (κ2) is 5.34. The van der Waals surface area contributed by atoms with Crippen LogP contribution in [0.15, 0.2) is 18.5 Å². The van der Waals surface area contributed by atoms with Gasteiger partial charge in [-0.3, -0.25) is 0 Å². The van der Waals surface area contributed by atoms with E-state index in [1.807, 2.05) is 11.8 Å². The van der Waals surface area contributed by atoms with Gasteiger partial charge in [-0.1, -0.05) is 0 Å². The van der Waals surface area contributed by atoms with Gasteiger partial charge in [-0.15, -0.1) is 0 Å². The number of aliphatic hydroxyl groups excluding tert-OH is 1. The summed E-state index contributed by atoms with van der Waals surface area (Å²) in [7, 11) is 0. The van der Waals surface area contributed by atoms with Crippen LogP contribution in [0, 0.1) is 5.92 Å². The van der Waals surface area contributed by atoms with Crippen molar-refractivity contribution in [1.29, 1.82) is 0 Å². The molecule has 0 aliphatic carbocycles. The number of anilines is 1. The second-order valence-corrected chi connectivity index (χ2v) is 5.23. The molecule has 1 fully saturated rings. The van der Waals surface area contributed by atoms with Gasteiger partial charge in [0.15, 0.2) is 0 Å². The van der Waals surface area contributed by atoms with E-state index in [-0.39, 0.29) is 17.3 Å². The summed E-state index contributed by atoms with van der Waals surface area (Å²) in [5.41, 5.74) is 0. The molecule has 106 valence electrons. The van der Waals surface area contributed by atoms with Crippen molar-refractivity contribution >= 4 is 17.5 Å². The molecule has 2 aromatic heterocycles. The highest BCUT2D eigenvalue weighted by Crippen LogP contribution is 2.24. The first-order valence-electron chi connectivity index (χ1n) is 6.48. The Bertz CT molecular complexity index is 588. The first kappa shape index (κ1) is 13.3. The van der Waals surface area contributed by atoms with Gasteiger partial charge in [-0.05, 0) is 31.0 Å². The summed E-state index contributed by atoms with van der Waals surface area (Å²) in [5, 5.41) is 13.9. The van der Waals surface area contributed by atoms with Gasteiger partial charge in [0.2, 0.25) is 11.2 Å². The van der Waals surface area contributed by atoms with Crippen molar-refractivity contribution in [2.24, 2.45) is 5.92 Å². The first-order chi connectivity index (χ1) is 9.63. The van der Waals surface area contributed by atoms with Crippen LogP contribution in [0.4, 0.5) is 5.95 Å². The summed E-state index contributed by atoms with van der Waals surface area (Å²) in [6, 6.07) is 1.79. The van der Waals surface area contributed by atoms with Gasteiger partial charge in [0.05, 0.1) is 6.10 Å². The molecule has 0 spiro atoms. The number of hydrogen-bond donors (Lipinski definition) is 1. The maximum atomic E-state index is 9.66. The lowest BCUT2D eigenvalue weighted by Crippen LogP contribution is -2.26. The zero-order valence-electron chi connectivity index (χ0n) is 11.0. The molecular weight excluding hydrogens is 280 g/mol. The number of rotatable bonds is 3. The summed E-state index contributed by atoms with van der Waals surface area (Å²) in [6.07, 6.45) is 3.98. The van der Waals surface area contributed by atoms with Crippen LogP contribution in [0.2, 0.25) is 5.28 Å². The molecule has 0 aromatic carbocycles. The van der Waals surface area contributed by atoms with Crippen LogP contribution in [0.1, 0.15) is 13.3 Å². The summed E-state index contributed by atoms with van der Waals surface area (Å²) in [5.74, 6) is 1.16. The zero-order valence-corrected chi connectivity index (χ0v) is 11.8. The molecule has 1 saturated heterocycles. The minimum absolute atomic E-state index is 0.140. The van der Waals surface area contributed by atoms with Crippen molar-refractivity contribution in [3.8, 4) is 5.95 Å². The van der Waals surface area contributed by atoms with Crippen molar-refractivity contribution in [3.05, 3.63) is 23.7 Å². The fraction of sp³-hybridized carbons (Fsp3) is 0.500. The highest BCUT2D eigenvalue weighted by atomic mass is 35.5. The topological polar surface area (TPSA) is 80.0 Å². The molecule has 8 heteroatoms. The van der Waals surface area contributed by atoms with Crippen LogP contribution in [-0.2, 0) is 0 Å². The normalized spacial score (nSPS) is 20.4. The molecule has 7 nitrogen and oxygen atoms in total. The standard InChI is InChI=1S/C12H15ClN6O/c1-8(20)9-3-6-18(7-9)11-15-10(13)16-12(17-11)19-5-2-4-14-19/h2,4-5,8-9,20H,3,6-7H2,1H3.